The maximum atomic E-state index is 11.6. The molecule has 8 heteroatoms. The second-order valence-electron chi connectivity index (χ2n) is 7.75. The molecule has 0 spiro atoms. The van der Waals surface area contributed by atoms with Crippen molar-refractivity contribution in [1.82, 2.24) is 15.1 Å². The van der Waals surface area contributed by atoms with Crippen LogP contribution in [0.1, 0.15) is 67.4 Å². The summed E-state index contributed by atoms with van der Waals surface area (Å²) in [6, 6.07) is 0. The molecule has 2 fully saturated rings. The number of hydrogen-bond donors (Lipinski definition) is 0. The molecule has 1 saturated carbocycles. The molecule has 0 radical (unpaired) electrons. The number of nitrogens with zero attached hydrogens (tertiary/aromatic N) is 3. The van der Waals surface area contributed by atoms with E-state index in [1.54, 1.807) is 0 Å². The van der Waals surface area contributed by atoms with E-state index in [-0.39, 0.29) is 17.4 Å². The molecule has 1 aliphatic heterocycles. The van der Waals surface area contributed by atoms with E-state index in [2.05, 4.69) is 22.0 Å². The fourth-order valence-electron chi connectivity index (χ4n) is 3.96. The normalized spacial score (nSPS) is 24.8. The van der Waals surface area contributed by atoms with E-state index in [1.165, 1.54) is 37.0 Å². The first-order chi connectivity index (χ1) is 11.9. The van der Waals surface area contributed by atoms with Crippen LogP contribution in [-0.2, 0) is 22.7 Å². The third-order valence-corrected chi connectivity index (χ3v) is 8.21. The van der Waals surface area contributed by atoms with Gasteiger partial charge in [0.2, 0.25) is 5.89 Å². The van der Waals surface area contributed by atoms with E-state index < -0.39 is 9.84 Å². The zero-order valence-electron chi connectivity index (χ0n) is 14.4. The molecule has 1 atom stereocenters. The van der Waals surface area contributed by atoms with Gasteiger partial charge in [0.25, 0.3) is 0 Å². The molecule has 1 aliphatic carbocycles. The van der Waals surface area contributed by atoms with Crippen LogP contribution in [0.3, 0.4) is 0 Å². The number of aromatic nitrogens is 3. The third-order valence-electron chi connectivity index (χ3n) is 5.39. The highest BCUT2D eigenvalue weighted by Crippen LogP contribution is 2.39. The van der Waals surface area contributed by atoms with Crippen molar-refractivity contribution < 1.29 is 12.9 Å². The Morgan fingerprint density at radius 3 is 2.84 bits per heavy atom. The van der Waals surface area contributed by atoms with Crippen molar-refractivity contribution in [3.8, 4) is 0 Å². The van der Waals surface area contributed by atoms with Gasteiger partial charge in [-0.2, -0.15) is 4.98 Å². The molecule has 2 aromatic heterocycles. The average Bonchev–Trinajstić information content (AvgIpc) is 3.30. The largest absolute Gasteiger partial charge is 0.339 e. The number of hydrogen-bond acceptors (Lipinski definition) is 7. The summed E-state index contributed by atoms with van der Waals surface area (Å²) in [5, 5.41) is 7.02. The summed E-state index contributed by atoms with van der Waals surface area (Å²) >= 11 is 1.53. The second kappa shape index (κ2) is 6.46. The molecule has 4 rings (SSSR count). The molecule has 1 saturated heterocycles. The highest BCUT2D eigenvalue weighted by Gasteiger charge is 2.32. The van der Waals surface area contributed by atoms with E-state index in [4.69, 9.17) is 4.52 Å². The minimum atomic E-state index is -2.88. The van der Waals surface area contributed by atoms with Crippen LogP contribution in [0.4, 0.5) is 0 Å². The molecule has 0 aromatic carbocycles. The van der Waals surface area contributed by atoms with Gasteiger partial charge in [0.05, 0.1) is 28.6 Å². The predicted octanol–water partition coefficient (Wildman–Crippen LogP) is 3.14. The summed E-state index contributed by atoms with van der Waals surface area (Å²) in [6.07, 6.45) is 7.11. The highest BCUT2D eigenvalue weighted by atomic mass is 32.2. The molecule has 25 heavy (non-hydrogen) atoms. The Labute approximate surface area is 152 Å². The Bertz CT molecular complexity index is 850. The smallest absolute Gasteiger partial charge is 0.232 e. The molecule has 0 N–H and O–H groups in total. The van der Waals surface area contributed by atoms with Crippen molar-refractivity contribution >= 4 is 21.2 Å². The molecule has 2 aromatic rings. The lowest BCUT2D eigenvalue weighted by molar-refractivity contribution is 0.315. The van der Waals surface area contributed by atoms with E-state index in [0.717, 1.165) is 22.9 Å². The first-order valence-corrected chi connectivity index (χ1v) is 11.6. The van der Waals surface area contributed by atoms with Gasteiger partial charge in [-0.25, -0.2) is 13.4 Å². The van der Waals surface area contributed by atoms with Gasteiger partial charge in [-0.15, -0.1) is 11.3 Å². The fraction of sp³-hybridized carbons (Fsp3) is 0.706. The van der Waals surface area contributed by atoms with Gasteiger partial charge in [0, 0.05) is 17.7 Å². The molecular weight excluding hydrogens is 358 g/mol. The molecular formula is C17H23N3O3S2. The number of thiazole rings is 1. The average molecular weight is 382 g/mol. The standard InChI is InChI=1S/C17H23N3O3S2/c1-17(5-2-3-6-17)9-14-19-15(23-20-14)8-13-10-24-16(18-13)12-4-7-25(21,22)11-12/h10,12H,2-9,11H2,1H3. The van der Waals surface area contributed by atoms with Crippen LogP contribution in [-0.4, -0.2) is 35.0 Å². The van der Waals surface area contributed by atoms with Crippen molar-refractivity contribution in [3.63, 3.8) is 0 Å². The minimum Gasteiger partial charge on any atom is -0.339 e. The van der Waals surface area contributed by atoms with Gasteiger partial charge in [-0.3, -0.25) is 0 Å². The summed E-state index contributed by atoms with van der Waals surface area (Å²) < 4.78 is 28.7. The lowest BCUT2D eigenvalue weighted by Gasteiger charge is -2.20. The van der Waals surface area contributed by atoms with Crippen LogP contribution in [0.15, 0.2) is 9.90 Å². The molecule has 1 unspecified atom stereocenters. The minimum absolute atomic E-state index is 0.0457. The van der Waals surface area contributed by atoms with Crippen LogP contribution < -0.4 is 0 Å². The lowest BCUT2D eigenvalue weighted by atomic mass is 9.85. The molecule has 3 heterocycles. The van der Waals surface area contributed by atoms with Crippen LogP contribution in [0.5, 0.6) is 0 Å². The zero-order chi connectivity index (χ0) is 17.5. The van der Waals surface area contributed by atoms with Crippen LogP contribution in [0.25, 0.3) is 0 Å². The summed E-state index contributed by atoms with van der Waals surface area (Å²) in [5.74, 6) is 1.93. The fourth-order valence-corrected chi connectivity index (χ4v) is 6.77. The predicted molar refractivity (Wildman–Crippen MR) is 95.5 cm³/mol. The molecule has 0 amide bonds. The van der Waals surface area contributed by atoms with E-state index in [1.807, 2.05) is 5.38 Å². The highest BCUT2D eigenvalue weighted by molar-refractivity contribution is 7.91. The summed E-state index contributed by atoms with van der Waals surface area (Å²) in [7, 11) is -2.88. The lowest BCUT2D eigenvalue weighted by Crippen LogP contribution is -2.15. The van der Waals surface area contributed by atoms with Crippen molar-refractivity contribution in [1.29, 1.82) is 0 Å². The Kier molecular flexibility index (Phi) is 4.43. The van der Waals surface area contributed by atoms with E-state index >= 15 is 0 Å². The Morgan fingerprint density at radius 1 is 1.32 bits per heavy atom. The summed E-state index contributed by atoms with van der Waals surface area (Å²) in [4.78, 5) is 9.14. The van der Waals surface area contributed by atoms with E-state index in [0.29, 0.717) is 24.1 Å². The molecule has 6 nitrogen and oxygen atoms in total. The maximum Gasteiger partial charge on any atom is 0.232 e. The van der Waals surface area contributed by atoms with Gasteiger partial charge in [0.15, 0.2) is 15.7 Å². The van der Waals surface area contributed by atoms with Gasteiger partial charge in [-0.05, 0) is 24.7 Å². The topological polar surface area (TPSA) is 86.0 Å². The third kappa shape index (κ3) is 3.95. The molecule has 0 bridgehead atoms. The quantitative estimate of drug-likeness (QED) is 0.791. The number of sulfone groups is 1. The van der Waals surface area contributed by atoms with Crippen molar-refractivity contribution in [3.05, 3.63) is 27.8 Å². The molecule has 136 valence electrons. The number of rotatable bonds is 5. The Balaban J connectivity index is 1.40. The summed E-state index contributed by atoms with van der Waals surface area (Å²) in [6.45, 7) is 2.30. The molecule has 2 aliphatic rings. The van der Waals surface area contributed by atoms with Crippen LogP contribution >= 0.6 is 11.3 Å². The van der Waals surface area contributed by atoms with Crippen molar-refractivity contribution in [2.75, 3.05) is 11.5 Å². The Morgan fingerprint density at radius 2 is 2.12 bits per heavy atom. The maximum absolute atomic E-state index is 11.6. The van der Waals surface area contributed by atoms with Gasteiger partial charge in [-0.1, -0.05) is 24.9 Å². The van der Waals surface area contributed by atoms with Crippen molar-refractivity contribution in [2.24, 2.45) is 5.41 Å². The first-order valence-electron chi connectivity index (χ1n) is 8.87. The SMILES string of the molecule is CC1(Cc2noc(Cc3csc(C4CCS(=O)(=O)C4)n3)n2)CCCC1. The van der Waals surface area contributed by atoms with Crippen LogP contribution in [0.2, 0.25) is 0 Å². The zero-order valence-corrected chi connectivity index (χ0v) is 16.0. The van der Waals surface area contributed by atoms with Gasteiger partial charge < -0.3 is 4.52 Å². The van der Waals surface area contributed by atoms with Gasteiger partial charge >= 0.3 is 0 Å². The van der Waals surface area contributed by atoms with Gasteiger partial charge in [0.1, 0.15) is 0 Å². The van der Waals surface area contributed by atoms with Crippen LogP contribution in [0, 0.1) is 5.41 Å². The monoisotopic (exact) mass is 381 g/mol. The Hall–Kier alpha value is -1.28. The first kappa shape index (κ1) is 17.1. The summed E-state index contributed by atoms with van der Waals surface area (Å²) in [5.41, 5.74) is 1.19. The van der Waals surface area contributed by atoms with E-state index in [9.17, 15) is 8.42 Å². The second-order valence-corrected chi connectivity index (χ2v) is 10.9. The van der Waals surface area contributed by atoms with Crippen molar-refractivity contribution in [2.45, 2.75) is 57.8 Å².